The lowest BCUT2D eigenvalue weighted by molar-refractivity contribution is -0.146. The summed E-state index contributed by atoms with van der Waals surface area (Å²) in [7, 11) is 0. The lowest BCUT2D eigenvalue weighted by Gasteiger charge is -2.11. The summed E-state index contributed by atoms with van der Waals surface area (Å²) in [5, 5.41) is 16.8. The van der Waals surface area contributed by atoms with Crippen molar-refractivity contribution in [2.75, 3.05) is 0 Å². The molecule has 7 heteroatoms. The molecule has 0 saturated heterocycles. The fourth-order valence-corrected chi connectivity index (χ4v) is 0.584. The van der Waals surface area contributed by atoms with E-state index in [1.54, 1.807) is 0 Å². The van der Waals surface area contributed by atoms with E-state index in [2.05, 4.69) is 12.0 Å². The monoisotopic (exact) mass is 202 g/mol. The van der Waals surface area contributed by atoms with Crippen molar-refractivity contribution in [3.05, 3.63) is 12.7 Å². The molecule has 0 spiro atoms. The maximum atomic E-state index is 10.6. The molecule has 0 bridgehead atoms. The first-order valence-corrected chi connectivity index (χ1v) is 3.60. The molecular formula is C7H10N2O5. The quantitative estimate of drug-likeness (QED) is 0.315. The number of hydrogen-bond acceptors (Lipinski definition) is 4. The van der Waals surface area contributed by atoms with Gasteiger partial charge in [-0.3, -0.25) is 19.8 Å². The minimum absolute atomic E-state index is 0.632. The van der Waals surface area contributed by atoms with Crippen molar-refractivity contribution in [3.8, 4) is 0 Å². The molecule has 0 aromatic rings. The van der Waals surface area contributed by atoms with Crippen LogP contribution in [0.2, 0.25) is 0 Å². The molecule has 0 rings (SSSR count). The minimum atomic E-state index is -1.36. The van der Waals surface area contributed by atoms with Crippen LogP contribution in [0.3, 0.4) is 0 Å². The standard InChI is InChI=1S/C7H10N2O5/c1-2-5(10)9-8-4(7(13)14)3-6(11)12/h2,4,8H,1,3H2,(H,9,10)(H,11,12)(H,13,14). The summed E-state index contributed by atoms with van der Waals surface area (Å²) in [6.45, 7) is 3.13. The van der Waals surface area contributed by atoms with Gasteiger partial charge in [0.1, 0.15) is 6.04 Å². The molecule has 1 amide bonds. The van der Waals surface area contributed by atoms with Crippen LogP contribution in [0.15, 0.2) is 12.7 Å². The van der Waals surface area contributed by atoms with Gasteiger partial charge in [-0.15, -0.1) is 0 Å². The Morgan fingerprint density at radius 2 is 1.93 bits per heavy atom. The Morgan fingerprint density at radius 1 is 1.36 bits per heavy atom. The molecule has 0 aliphatic carbocycles. The van der Waals surface area contributed by atoms with Gasteiger partial charge in [0.15, 0.2) is 0 Å². The van der Waals surface area contributed by atoms with Crippen molar-refractivity contribution in [1.29, 1.82) is 0 Å². The zero-order valence-electron chi connectivity index (χ0n) is 7.19. The second-order valence-electron chi connectivity index (χ2n) is 2.33. The van der Waals surface area contributed by atoms with Crippen molar-refractivity contribution < 1.29 is 24.6 Å². The van der Waals surface area contributed by atoms with Crippen LogP contribution in [-0.4, -0.2) is 34.1 Å². The third kappa shape index (κ3) is 4.88. The highest BCUT2D eigenvalue weighted by molar-refractivity contribution is 5.87. The summed E-state index contributed by atoms with van der Waals surface area (Å²) in [4.78, 5) is 31.2. The Balaban J connectivity index is 4.10. The predicted molar refractivity (Wildman–Crippen MR) is 45.2 cm³/mol. The van der Waals surface area contributed by atoms with Crippen LogP contribution in [0.25, 0.3) is 0 Å². The molecule has 0 aromatic heterocycles. The molecule has 0 radical (unpaired) electrons. The van der Waals surface area contributed by atoms with E-state index in [1.165, 1.54) is 0 Å². The largest absolute Gasteiger partial charge is 0.481 e. The van der Waals surface area contributed by atoms with Gasteiger partial charge in [-0.2, -0.15) is 0 Å². The fraction of sp³-hybridized carbons (Fsp3) is 0.286. The van der Waals surface area contributed by atoms with Gasteiger partial charge in [-0.05, 0) is 6.08 Å². The van der Waals surface area contributed by atoms with Gasteiger partial charge < -0.3 is 10.2 Å². The molecule has 4 N–H and O–H groups in total. The average Bonchev–Trinajstić information content (AvgIpc) is 2.10. The maximum absolute atomic E-state index is 10.6. The SMILES string of the molecule is C=CC(=O)NNC(CC(=O)O)C(=O)O. The number of carbonyl (C=O) groups is 3. The van der Waals surface area contributed by atoms with Crippen LogP contribution >= 0.6 is 0 Å². The molecule has 0 fully saturated rings. The number of hydrazine groups is 1. The number of amides is 1. The lowest BCUT2D eigenvalue weighted by atomic mass is 10.2. The number of aliphatic carboxylic acids is 2. The van der Waals surface area contributed by atoms with Crippen LogP contribution in [0, 0.1) is 0 Å². The summed E-state index contributed by atoms with van der Waals surface area (Å²) in [6.07, 6.45) is 0.291. The van der Waals surface area contributed by atoms with Gasteiger partial charge in [0.25, 0.3) is 5.91 Å². The molecule has 0 aliphatic rings. The third-order valence-corrected chi connectivity index (χ3v) is 1.23. The summed E-state index contributed by atoms with van der Waals surface area (Å²) >= 11 is 0. The zero-order chi connectivity index (χ0) is 11.1. The smallest absolute Gasteiger partial charge is 0.323 e. The normalized spacial score (nSPS) is 11.4. The van der Waals surface area contributed by atoms with Gasteiger partial charge in [0.05, 0.1) is 6.42 Å². The number of rotatable bonds is 6. The van der Waals surface area contributed by atoms with Crippen LogP contribution in [0.1, 0.15) is 6.42 Å². The van der Waals surface area contributed by atoms with Crippen LogP contribution in [0.5, 0.6) is 0 Å². The molecule has 1 atom stereocenters. The first-order chi connectivity index (χ1) is 6.47. The topological polar surface area (TPSA) is 116 Å². The van der Waals surface area contributed by atoms with Gasteiger partial charge in [-0.25, -0.2) is 5.43 Å². The van der Waals surface area contributed by atoms with Crippen molar-refractivity contribution in [2.24, 2.45) is 0 Å². The van der Waals surface area contributed by atoms with Crippen LogP contribution in [-0.2, 0) is 14.4 Å². The van der Waals surface area contributed by atoms with Crippen molar-refractivity contribution in [3.63, 3.8) is 0 Å². The highest BCUT2D eigenvalue weighted by Gasteiger charge is 2.20. The van der Waals surface area contributed by atoms with Crippen molar-refractivity contribution >= 4 is 17.8 Å². The second-order valence-corrected chi connectivity index (χ2v) is 2.33. The molecule has 14 heavy (non-hydrogen) atoms. The molecule has 0 saturated carbocycles. The first kappa shape index (κ1) is 12.1. The Morgan fingerprint density at radius 3 is 2.29 bits per heavy atom. The van der Waals surface area contributed by atoms with Crippen LogP contribution in [0.4, 0.5) is 0 Å². The maximum Gasteiger partial charge on any atom is 0.323 e. The first-order valence-electron chi connectivity index (χ1n) is 3.60. The van der Waals surface area contributed by atoms with Crippen LogP contribution < -0.4 is 10.9 Å². The van der Waals surface area contributed by atoms with E-state index in [4.69, 9.17) is 10.2 Å². The molecule has 0 aromatic carbocycles. The van der Waals surface area contributed by atoms with E-state index < -0.39 is 30.3 Å². The average molecular weight is 202 g/mol. The number of carboxylic acid groups (broad SMARTS) is 2. The van der Waals surface area contributed by atoms with Gasteiger partial charge in [0.2, 0.25) is 0 Å². The Bertz CT molecular complexity index is 263. The number of carbonyl (C=O) groups excluding carboxylic acids is 1. The summed E-state index contributed by atoms with van der Waals surface area (Å²) < 4.78 is 0. The van der Waals surface area contributed by atoms with Gasteiger partial charge >= 0.3 is 11.9 Å². The Hall–Kier alpha value is -1.89. The third-order valence-electron chi connectivity index (χ3n) is 1.23. The second kappa shape index (κ2) is 5.70. The van der Waals surface area contributed by atoms with E-state index in [-0.39, 0.29) is 0 Å². The number of hydrogen-bond donors (Lipinski definition) is 4. The van der Waals surface area contributed by atoms with E-state index in [0.29, 0.717) is 0 Å². The Labute approximate surface area is 79.4 Å². The molecule has 7 nitrogen and oxygen atoms in total. The fourth-order valence-electron chi connectivity index (χ4n) is 0.584. The highest BCUT2D eigenvalue weighted by atomic mass is 16.4. The molecule has 0 heterocycles. The number of carboxylic acids is 2. The molecule has 0 aliphatic heterocycles. The highest BCUT2D eigenvalue weighted by Crippen LogP contribution is 1.90. The van der Waals surface area contributed by atoms with E-state index >= 15 is 0 Å². The van der Waals surface area contributed by atoms with Gasteiger partial charge in [0, 0.05) is 0 Å². The number of nitrogens with one attached hydrogen (secondary N) is 2. The summed E-state index contributed by atoms with van der Waals surface area (Å²) in [5.74, 6) is -3.28. The summed E-state index contributed by atoms with van der Waals surface area (Å²) in [5.41, 5.74) is 4.02. The van der Waals surface area contributed by atoms with E-state index in [0.717, 1.165) is 6.08 Å². The minimum Gasteiger partial charge on any atom is -0.481 e. The predicted octanol–water partition coefficient (Wildman–Crippen LogP) is -1.28. The molecule has 1 unspecified atom stereocenters. The van der Waals surface area contributed by atoms with Crippen molar-refractivity contribution in [2.45, 2.75) is 12.5 Å². The van der Waals surface area contributed by atoms with Crippen molar-refractivity contribution in [1.82, 2.24) is 10.9 Å². The van der Waals surface area contributed by atoms with E-state index in [9.17, 15) is 14.4 Å². The van der Waals surface area contributed by atoms with Gasteiger partial charge in [-0.1, -0.05) is 6.58 Å². The molecule has 78 valence electrons. The zero-order valence-corrected chi connectivity index (χ0v) is 7.19. The summed E-state index contributed by atoms with van der Waals surface area (Å²) in [6, 6.07) is -1.36. The van der Waals surface area contributed by atoms with E-state index in [1.807, 2.05) is 5.43 Å². The molecular weight excluding hydrogens is 192 g/mol. The lowest BCUT2D eigenvalue weighted by Crippen LogP contribution is -2.48. The Kier molecular flexibility index (Phi) is 4.93.